The molecule has 4 nitrogen and oxygen atoms in total. The van der Waals surface area contributed by atoms with Crippen LogP contribution in [0.4, 0.5) is 5.82 Å². The van der Waals surface area contributed by atoms with Crippen molar-refractivity contribution in [2.75, 3.05) is 11.9 Å². The van der Waals surface area contributed by atoms with Gasteiger partial charge in [-0.2, -0.15) is 0 Å². The highest BCUT2D eigenvalue weighted by Crippen LogP contribution is 2.19. The quantitative estimate of drug-likeness (QED) is 0.899. The van der Waals surface area contributed by atoms with Gasteiger partial charge in [-0.25, -0.2) is 9.97 Å². The van der Waals surface area contributed by atoms with Crippen molar-refractivity contribution in [2.45, 2.75) is 27.7 Å². The van der Waals surface area contributed by atoms with Gasteiger partial charge in [-0.05, 0) is 39.8 Å². The fourth-order valence-corrected chi connectivity index (χ4v) is 1.93. The van der Waals surface area contributed by atoms with Crippen LogP contribution in [0.3, 0.4) is 0 Å². The Balaban J connectivity index is 2.49. The molecular formula is C14H18N4. The van der Waals surface area contributed by atoms with Crippen LogP contribution in [0.25, 0.3) is 11.4 Å². The molecule has 94 valence electrons. The zero-order chi connectivity index (χ0) is 13.1. The van der Waals surface area contributed by atoms with E-state index in [1.807, 2.05) is 39.0 Å². The largest absolute Gasteiger partial charge is 0.370 e. The highest BCUT2D eigenvalue weighted by atomic mass is 15.0. The highest BCUT2D eigenvalue weighted by Gasteiger charge is 2.06. The van der Waals surface area contributed by atoms with Crippen molar-refractivity contribution in [3.05, 3.63) is 35.3 Å². The number of pyridine rings is 1. The van der Waals surface area contributed by atoms with Gasteiger partial charge < -0.3 is 5.32 Å². The lowest BCUT2D eigenvalue weighted by molar-refractivity contribution is 1.07. The van der Waals surface area contributed by atoms with Gasteiger partial charge in [-0.3, -0.25) is 4.98 Å². The third-order valence-electron chi connectivity index (χ3n) is 2.55. The molecule has 2 aromatic heterocycles. The molecule has 4 heteroatoms. The summed E-state index contributed by atoms with van der Waals surface area (Å²) in [4.78, 5) is 13.4. The number of aryl methyl sites for hydroxylation is 3. The first-order chi connectivity index (χ1) is 8.58. The summed E-state index contributed by atoms with van der Waals surface area (Å²) in [5.41, 5.74) is 3.95. The van der Waals surface area contributed by atoms with E-state index in [-0.39, 0.29) is 0 Å². The van der Waals surface area contributed by atoms with Crippen molar-refractivity contribution in [1.29, 1.82) is 0 Å². The number of hydrogen-bond donors (Lipinski definition) is 1. The van der Waals surface area contributed by atoms with E-state index in [2.05, 4.69) is 27.2 Å². The Morgan fingerprint density at radius 1 is 0.889 bits per heavy atom. The summed E-state index contributed by atoms with van der Waals surface area (Å²) in [5.74, 6) is 1.62. The summed E-state index contributed by atoms with van der Waals surface area (Å²) in [6.45, 7) is 8.85. The predicted octanol–water partition coefficient (Wildman–Crippen LogP) is 2.90. The molecular weight excluding hydrogens is 224 g/mol. The molecule has 2 rings (SSSR count). The van der Waals surface area contributed by atoms with Crippen LogP contribution in [-0.4, -0.2) is 21.5 Å². The van der Waals surface area contributed by atoms with E-state index in [4.69, 9.17) is 0 Å². The zero-order valence-corrected chi connectivity index (χ0v) is 11.3. The summed E-state index contributed by atoms with van der Waals surface area (Å²) in [7, 11) is 0. The molecule has 0 unspecified atom stereocenters. The molecule has 18 heavy (non-hydrogen) atoms. The van der Waals surface area contributed by atoms with Crippen LogP contribution in [0.1, 0.15) is 24.0 Å². The van der Waals surface area contributed by atoms with Gasteiger partial charge in [-0.1, -0.05) is 0 Å². The second-order valence-corrected chi connectivity index (χ2v) is 4.39. The third kappa shape index (κ3) is 2.83. The monoisotopic (exact) mass is 242 g/mol. The van der Waals surface area contributed by atoms with Crippen molar-refractivity contribution in [2.24, 2.45) is 0 Å². The second kappa shape index (κ2) is 5.12. The minimum absolute atomic E-state index is 0.750. The Morgan fingerprint density at radius 3 is 2.11 bits per heavy atom. The van der Waals surface area contributed by atoms with Gasteiger partial charge in [0.1, 0.15) is 5.82 Å². The number of nitrogens with one attached hydrogen (secondary N) is 1. The van der Waals surface area contributed by atoms with Gasteiger partial charge in [-0.15, -0.1) is 0 Å². The van der Waals surface area contributed by atoms with Gasteiger partial charge in [0.2, 0.25) is 0 Å². The van der Waals surface area contributed by atoms with Crippen LogP contribution < -0.4 is 5.32 Å². The standard InChI is InChI=1S/C14H18N4/c1-5-15-13-8-11(4)17-14(18-13)12-6-9(2)16-10(3)7-12/h6-8H,5H2,1-4H3,(H,15,17,18). The average molecular weight is 242 g/mol. The fraction of sp³-hybridized carbons (Fsp3) is 0.357. The van der Waals surface area contributed by atoms with Crippen molar-refractivity contribution in [3.63, 3.8) is 0 Å². The average Bonchev–Trinajstić information content (AvgIpc) is 2.27. The third-order valence-corrected chi connectivity index (χ3v) is 2.55. The molecule has 0 spiro atoms. The van der Waals surface area contributed by atoms with Gasteiger partial charge in [0.15, 0.2) is 5.82 Å². The Hall–Kier alpha value is -1.97. The molecule has 0 aromatic carbocycles. The van der Waals surface area contributed by atoms with E-state index in [0.717, 1.165) is 40.8 Å². The molecule has 2 aromatic rings. The zero-order valence-electron chi connectivity index (χ0n) is 11.3. The van der Waals surface area contributed by atoms with E-state index in [0.29, 0.717) is 0 Å². The molecule has 0 aliphatic carbocycles. The van der Waals surface area contributed by atoms with Crippen LogP contribution in [0.5, 0.6) is 0 Å². The maximum atomic E-state index is 4.53. The molecule has 0 saturated heterocycles. The lowest BCUT2D eigenvalue weighted by atomic mass is 10.2. The molecule has 0 aliphatic rings. The van der Waals surface area contributed by atoms with Crippen LogP contribution in [0, 0.1) is 20.8 Å². The smallest absolute Gasteiger partial charge is 0.161 e. The Labute approximate surface area is 108 Å². The van der Waals surface area contributed by atoms with Crippen molar-refractivity contribution in [1.82, 2.24) is 15.0 Å². The summed E-state index contributed by atoms with van der Waals surface area (Å²) in [6, 6.07) is 5.98. The Bertz CT molecular complexity index is 543. The van der Waals surface area contributed by atoms with Gasteiger partial charge in [0, 0.05) is 35.3 Å². The number of anilines is 1. The predicted molar refractivity (Wildman–Crippen MR) is 73.6 cm³/mol. The minimum atomic E-state index is 0.750. The van der Waals surface area contributed by atoms with E-state index < -0.39 is 0 Å². The van der Waals surface area contributed by atoms with Gasteiger partial charge in [0.05, 0.1) is 0 Å². The lowest BCUT2D eigenvalue weighted by Gasteiger charge is -2.08. The van der Waals surface area contributed by atoms with Gasteiger partial charge in [0.25, 0.3) is 0 Å². The highest BCUT2D eigenvalue weighted by molar-refractivity contribution is 5.58. The first kappa shape index (κ1) is 12.5. The molecule has 0 atom stereocenters. The molecule has 0 amide bonds. The summed E-state index contributed by atoms with van der Waals surface area (Å²) >= 11 is 0. The van der Waals surface area contributed by atoms with Crippen molar-refractivity contribution in [3.8, 4) is 11.4 Å². The maximum absolute atomic E-state index is 4.53. The van der Waals surface area contributed by atoms with Crippen LogP contribution in [-0.2, 0) is 0 Å². The molecule has 0 saturated carbocycles. The first-order valence-corrected chi connectivity index (χ1v) is 6.13. The Morgan fingerprint density at radius 2 is 1.50 bits per heavy atom. The molecule has 0 bridgehead atoms. The minimum Gasteiger partial charge on any atom is -0.370 e. The molecule has 1 N–H and O–H groups in total. The topological polar surface area (TPSA) is 50.7 Å². The number of aromatic nitrogens is 3. The summed E-state index contributed by atoms with van der Waals surface area (Å²) in [5, 5.41) is 3.22. The van der Waals surface area contributed by atoms with E-state index in [1.165, 1.54) is 0 Å². The molecule has 0 fully saturated rings. The molecule has 0 radical (unpaired) electrons. The van der Waals surface area contributed by atoms with Crippen LogP contribution >= 0.6 is 0 Å². The van der Waals surface area contributed by atoms with E-state index in [1.54, 1.807) is 0 Å². The molecule has 0 aliphatic heterocycles. The van der Waals surface area contributed by atoms with E-state index >= 15 is 0 Å². The first-order valence-electron chi connectivity index (χ1n) is 6.13. The maximum Gasteiger partial charge on any atom is 0.161 e. The van der Waals surface area contributed by atoms with Crippen LogP contribution in [0.15, 0.2) is 18.2 Å². The Kier molecular flexibility index (Phi) is 3.55. The van der Waals surface area contributed by atoms with Crippen molar-refractivity contribution >= 4 is 5.82 Å². The SMILES string of the molecule is CCNc1cc(C)nc(-c2cc(C)nc(C)c2)n1. The lowest BCUT2D eigenvalue weighted by Crippen LogP contribution is -2.03. The van der Waals surface area contributed by atoms with Crippen LogP contribution in [0.2, 0.25) is 0 Å². The van der Waals surface area contributed by atoms with Gasteiger partial charge >= 0.3 is 0 Å². The summed E-state index contributed by atoms with van der Waals surface area (Å²) in [6.07, 6.45) is 0. The van der Waals surface area contributed by atoms with Crippen molar-refractivity contribution < 1.29 is 0 Å². The molecule has 2 heterocycles. The number of nitrogens with zero attached hydrogens (tertiary/aromatic N) is 3. The summed E-state index contributed by atoms with van der Waals surface area (Å²) < 4.78 is 0. The van der Waals surface area contributed by atoms with E-state index in [9.17, 15) is 0 Å². The normalized spacial score (nSPS) is 10.4. The number of hydrogen-bond acceptors (Lipinski definition) is 4. The number of rotatable bonds is 3. The fourth-order valence-electron chi connectivity index (χ4n) is 1.93. The second-order valence-electron chi connectivity index (χ2n) is 4.39.